The highest BCUT2D eigenvalue weighted by Gasteiger charge is 2.16. The quantitative estimate of drug-likeness (QED) is 0.626. The van der Waals surface area contributed by atoms with Gasteiger partial charge in [0.25, 0.3) is 0 Å². The molecule has 2 rings (SSSR count). The third kappa shape index (κ3) is 4.59. The first-order chi connectivity index (χ1) is 12.1. The topological polar surface area (TPSA) is 97.6 Å². The summed E-state index contributed by atoms with van der Waals surface area (Å²) in [5.41, 5.74) is 0.688. The summed E-state index contributed by atoms with van der Waals surface area (Å²) in [5.74, 6) is 1.55. The van der Waals surface area contributed by atoms with Crippen LogP contribution < -0.4 is 14.2 Å². The van der Waals surface area contributed by atoms with Gasteiger partial charge in [-0.2, -0.15) is 0 Å². The van der Waals surface area contributed by atoms with Crippen molar-refractivity contribution < 1.29 is 23.7 Å². The molecule has 9 nitrogen and oxygen atoms in total. The molecule has 1 aromatic carbocycles. The van der Waals surface area contributed by atoms with Gasteiger partial charge in [-0.1, -0.05) is 6.92 Å². The number of ether oxygens (including phenoxy) is 4. The summed E-state index contributed by atoms with van der Waals surface area (Å²) in [4.78, 5) is 12.1. The van der Waals surface area contributed by atoms with Gasteiger partial charge in [0.05, 0.1) is 27.8 Å². The van der Waals surface area contributed by atoms with Gasteiger partial charge in [-0.15, -0.1) is 5.10 Å². The van der Waals surface area contributed by atoms with E-state index in [4.69, 9.17) is 18.9 Å². The Morgan fingerprint density at radius 2 is 1.80 bits per heavy atom. The zero-order valence-corrected chi connectivity index (χ0v) is 14.8. The molecular weight excluding hydrogens is 328 g/mol. The van der Waals surface area contributed by atoms with E-state index in [0.717, 1.165) is 6.42 Å². The molecule has 136 valence electrons. The van der Waals surface area contributed by atoms with E-state index in [1.807, 2.05) is 6.92 Å². The lowest BCUT2D eigenvalue weighted by Gasteiger charge is -2.14. The molecule has 25 heavy (non-hydrogen) atoms. The van der Waals surface area contributed by atoms with Crippen molar-refractivity contribution >= 4 is 5.97 Å². The van der Waals surface area contributed by atoms with E-state index >= 15 is 0 Å². The van der Waals surface area contributed by atoms with E-state index in [2.05, 4.69) is 15.5 Å². The molecule has 0 N–H and O–H groups in total. The Labute approximate surface area is 145 Å². The fourth-order valence-electron chi connectivity index (χ4n) is 2.31. The summed E-state index contributed by atoms with van der Waals surface area (Å²) >= 11 is 0. The molecule has 0 saturated carbocycles. The van der Waals surface area contributed by atoms with Gasteiger partial charge >= 0.3 is 5.97 Å². The minimum atomic E-state index is -0.402. The van der Waals surface area contributed by atoms with Crippen LogP contribution in [0.2, 0.25) is 0 Å². The number of rotatable bonds is 9. The van der Waals surface area contributed by atoms with E-state index in [1.165, 1.54) is 21.3 Å². The smallest absolute Gasteiger partial charge is 0.310 e. The Hall–Kier alpha value is -2.84. The lowest BCUT2D eigenvalue weighted by atomic mass is 10.1. The predicted octanol–water partition coefficient (Wildman–Crippen LogP) is 1.39. The number of benzene rings is 1. The zero-order valence-electron chi connectivity index (χ0n) is 14.8. The molecular formula is C16H22N4O5. The Kier molecular flexibility index (Phi) is 6.55. The van der Waals surface area contributed by atoms with Crippen molar-refractivity contribution in [1.82, 2.24) is 20.2 Å². The third-order valence-corrected chi connectivity index (χ3v) is 3.48. The second-order valence-electron chi connectivity index (χ2n) is 5.19. The van der Waals surface area contributed by atoms with Crippen molar-refractivity contribution in [3.63, 3.8) is 0 Å². The fraction of sp³-hybridized carbons (Fsp3) is 0.500. The highest BCUT2D eigenvalue weighted by molar-refractivity contribution is 5.73. The number of nitrogens with zero attached hydrogens (tertiary/aromatic N) is 4. The van der Waals surface area contributed by atoms with Crippen LogP contribution in [0.25, 0.3) is 0 Å². The highest BCUT2D eigenvalue weighted by atomic mass is 16.5. The second-order valence-corrected chi connectivity index (χ2v) is 5.19. The van der Waals surface area contributed by atoms with Gasteiger partial charge in [0.2, 0.25) is 5.75 Å². The summed E-state index contributed by atoms with van der Waals surface area (Å²) in [6, 6.07) is 3.42. The molecule has 0 amide bonds. The standard InChI is InChI=1S/C16H22N4O5/c1-5-6-20-14(17-18-19-20)10-25-15(21)9-11-7-12(22-2)16(24-4)13(8-11)23-3/h7-8H,5-6,9-10H2,1-4H3. The van der Waals surface area contributed by atoms with E-state index < -0.39 is 5.97 Å². The monoisotopic (exact) mass is 350 g/mol. The number of carbonyl (C=O) groups excluding carboxylic acids is 1. The maximum atomic E-state index is 12.1. The average Bonchev–Trinajstić information content (AvgIpc) is 3.06. The van der Waals surface area contributed by atoms with Crippen LogP contribution in [0.5, 0.6) is 17.2 Å². The van der Waals surface area contributed by atoms with E-state index in [0.29, 0.717) is 35.2 Å². The van der Waals surface area contributed by atoms with Crippen molar-refractivity contribution in [3.8, 4) is 17.2 Å². The van der Waals surface area contributed by atoms with Gasteiger partial charge in [0.15, 0.2) is 23.9 Å². The molecule has 1 aromatic heterocycles. The lowest BCUT2D eigenvalue weighted by Crippen LogP contribution is -2.12. The Bertz CT molecular complexity index is 691. The number of hydrogen-bond donors (Lipinski definition) is 0. The van der Waals surface area contributed by atoms with Crippen LogP contribution in [0.15, 0.2) is 12.1 Å². The number of carbonyl (C=O) groups is 1. The van der Waals surface area contributed by atoms with Crippen LogP contribution >= 0.6 is 0 Å². The first kappa shape index (κ1) is 18.5. The lowest BCUT2D eigenvalue weighted by molar-refractivity contribution is -0.144. The minimum Gasteiger partial charge on any atom is -0.493 e. The number of aromatic nitrogens is 4. The number of esters is 1. The Morgan fingerprint density at radius 1 is 1.12 bits per heavy atom. The first-order valence-electron chi connectivity index (χ1n) is 7.82. The molecule has 9 heteroatoms. The largest absolute Gasteiger partial charge is 0.493 e. The van der Waals surface area contributed by atoms with Gasteiger partial charge < -0.3 is 18.9 Å². The maximum Gasteiger partial charge on any atom is 0.310 e. The summed E-state index contributed by atoms with van der Waals surface area (Å²) in [6.07, 6.45) is 0.948. The normalized spacial score (nSPS) is 10.4. The Morgan fingerprint density at radius 3 is 2.36 bits per heavy atom. The molecule has 0 atom stereocenters. The Balaban J connectivity index is 2.03. The number of methoxy groups -OCH3 is 3. The number of hydrogen-bond acceptors (Lipinski definition) is 8. The van der Waals surface area contributed by atoms with Crippen molar-refractivity contribution in [3.05, 3.63) is 23.5 Å². The molecule has 2 aromatic rings. The molecule has 0 aliphatic heterocycles. The number of tetrazole rings is 1. The average molecular weight is 350 g/mol. The summed E-state index contributed by atoms with van der Waals surface area (Å²) in [5, 5.41) is 11.3. The van der Waals surface area contributed by atoms with Crippen LogP contribution in [0, 0.1) is 0 Å². The highest BCUT2D eigenvalue weighted by Crippen LogP contribution is 2.38. The molecule has 0 unspecified atom stereocenters. The zero-order chi connectivity index (χ0) is 18.2. The van der Waals surface area contributed by atoms with Gasteiger partial charge in [0.1, 0.15) is 0 Å². The van der Waals surface area contributed by atoms with Crippen LogP contribution in [0.3, 0.4) is 0 Å². The molecule has 0 aliphatic rings. The number of aryl methyl sites for hydroxylation is 1. The molecule has 1 heterocycles. The van der Waals surface area contributed by atoms with E-state index in [-0.39, 0.29) is 13.0 Å². The molecule has 0 aliphatic carbocycles. The van der Waals surface area contributed by atoms with Crippen molar-refractivity contribution in [1.29, 1.82) is 0 Å². The summed E-state index contributed by atoms with van der Waals surface area (Å²) in [6.45, 7) is 2.71. The van der Waals surface area contributed by atoms with Crippen molar-refractivity contribution in [2.24, 2.45) is 0 Å². The van der Waals surface area contributed by atoms with Crippen molar-refractivity contribution in [2.45, 2.75) is 32.9 Å². The third-order valence-electron chi connectivity index (χ3n) is 3.48. The fourth-order valence-corrected chi connectivity index (χ4v) is 2.31. The van der Waals surface area contributed by atoms with E-state index in [9.17, 15) is 4.79 Å². The second kappa shape index (κ2) is 8.86. The summed E-state index contributed by atoms with van der Waals surface area (Å²) < 4.78 is 22.7. The SMILES string of the molecule is CCCn1nnnc1COC(=O)Cc1cc(OC)c(OC)c(OC)c1. The molecule has 0 bridgehead atoms. The van der Waals surface area contributed by atoms with Crippen LogP contribution in [-0.2, 0) is 29.1 Å². The minimum absolute atomic E-state index is 0.0241. The molecule has 0 spiro atoms. The molecule has 0 saturated heterocycles. The van der Waals surface area contributed by atoms with Crippen LogP contribution in [-0.4, -0.2) is 47.5 Å². The van der Waals surface area contributed by atoms with Gasteiger partial charge in [-0.3, -0.25) is 4.79 Å². The van der Waals surface area contributed by atoms with Crippen LogP contribution in [0.4, 0.5) is 0 Å². The van der Waals surface area contributed by atoms with E-state index in [1.54, 1.807) is 16.8 Å². The molecule has 0 radical (unpaired) electrons. The van der Waals surface area contributed by atoms with Crippen molar-refractivity contribution in [2.75, 3.05) is 21.3 Å². The molecule has 0 fully saturated rings. The maximum absolute atomic E-state index is 12.1. The summed E-state index contributed by atoms with van der Waals surface area (Å²) in [7, 11) is 4.56. The van der Waals surface area contributed by atoms with Gasteiger partial charge in [0, 0.05) is 6.54 Å². The first-order valence-corrected chi connectivity index (χ1v) is 7.82. The van der Waals surface area contributed by atoms with Gasteiger partial charge in [-0.25, -0.2) is 4.68 Å². The predicted molar refractivity (Wildman–Crippen MR) is 87.7 cm³/mol. The van der Waals surface area contributed by atoms with Crippen LogP contribution in [0.1, 0.15) is 24.7 Å². The van der Waals surface area contributed by atoms with Gasteiger partial charge in [-0.05, 0) is 34.5 Å².